The molecule has 0 spiro atoms. The molecule has 1 aromatic rings. The normalized spacial score (nSPS) is 24.8. The summed E-state index contributed by atoms with van der Waals surface area (Å²) in [5, 5.41) is 3.26. The first-order valence-electron chi connectivity index (χ1n) is 9.37. The van der Waals surface area contributed by atoms with Crippen molar-refractivity contribution in [2.24, 2.45) is 11.8 Å². The van der Waals surface area contributed by atoms with Crippen LogP contribution in [-0.4, -0.2) is 25.2 Å². The summed E-state index contributed by atoms with van der Waals surface area (Å²) >= 11 is 0. The van der Waals surface area contributed by atoms with E-state index in [1.54, 1.807) is 0 Å². The van der Waals surface area contributed by atoms with Gasteiger partial charge in [0.1, 0.15) is 0 Å². The summed E-state index contributed by atoms with van der Waals surface area (Å²) in [4.78, 5) is 12.3. The van der Waals surface area contributed by atoms with Gasteiger partial charge in [0.05, 0.1) is 13.2 Å². The van der Waals surface area contributed by atoms with Gasteiger partial charge in [-0.2, -0.15) is 0 Å². The lowest BCUT2D eigenvalue weighted by Crippen LogP contribution is -2.38. The van der Waals surface area contributed by atoms with Crippen LogP contribution >= 0.6 is 0 Å². The number of aryl methyl sites for hydroxylation is 1. The maximum atomic E-state index is 12.3. The van der Waals surface area contributed by atoms with E-state index in [2.05, 4.69) is 5.32 Å². The summed E-state index contributed by atoms with van der Waals surface area (Å²) < 4.78 is 11.2. The minimum atomic E-state index is 0.180. The SMILES string of the molecule is CCOc1ccc(CCC(=O)N[C@@H]2C[C@@H]3CC[C@@H]2C3)cc1OCC. The Labute approximate surface area is 144 Å². The van der Waals surface area contributed by atoms with Crippen LogP contribution in [0.15, 0.2) is 18.2 Å². The summed E-state index contributed by atoms with van der Waals surface area (Å²) in [5.41, 5.74) is 1.12. The fourth-order valence-electron chi connectivity index (χ4n) is 4.21. The lowest BCUT2D eigenvalue weighted by molar-refractivity contribution is -0.122. The van der Waals surface area contributed by atoms with Crippen molar-refractivity contribution in [1.29, 1.82) is 0 Å². The molecule has 2 aliphatic rings. The third kappa shape index (κ3) is 4.03. The van der Waals surface area contributed by atoms with Crippen LogP contribution in [0.25, 0.3) is 0 Å². The summed E-state index contributed by atoms with van der Waals surface area (Å²) in [5.74, 6) is 3.31. The second-order valence-electron chi connectivity index (χ2n) is 7.00. The Bertz CT molecular complexity index is 572. The molecule has 2 bridgehead atoms. The van der Waals surface area contributed by atoms with Gasteiger partial charge < -0.3 is 14.8 Å². The van der Waals surface area contributed by atoms with Gasteiger partial charge >= 0.3 is 0 Å². The number of carbonyl (C=O) groups excluding carboxylic acids is 1. The van der Waals surface area contributed by atoms with Crippen LogP contribution in [0.3, 0.4) is 0 Å². The van der Waals surface area contributed by atoms with Crippen LogP contribution in [0.5, 0.6) is 11.5 Å². The molecule has 2 fully saturated rings. The number of rotatable bonds is 8. The molecule has 0 aromatic heterocycles. The van der Waals surface area contributed by atoms with E-state index in [1.165, 1.54) is 25.7 Å². The smallest absolute Gasteiger partial charge is 0.220 e. The Balaban J connectivity index is 1.52. The van der Waals surface area contributed by atoms with Crippen LogP contribution in [0.1, 0.15) is 51.5 Å². The highest BCUT2D eigenvalue weighted by Crippen LogP contribution is 2.44. The Hall–Kier alpha value is -1.71. The molecule has 0 radical (unpaired) electrons. The largest absolute Gasteiger partial charge is 0.490 e. The van der Waals surface area contributed by atoms with E-state index in [0.29, 0.717) is 25.7 Å². The topological polar surface area (TPSA) is 47.6 Å². The molecular formula is C20H29NO3. The number of fused-ring (bicyclic) bond motifs is 2. The summed E-state index contributed by atoms with van der Waals surface area (Å²) in [6.07, 6.45) is 6.44. The van der Waals surface area contributed by atoms with Crippen molar-refractivity contribution in [3.05, 3.63) is 23.8 Å². The van der Waals surface area contributed by atoms with Gasteiger partial charge in [-0.05, 0) is 69.1 Å². The van der Waals surface area contributed by atoms with Gasteiger partial charge in [0.15, 0.2) is 11.5 Å². The molecule has 2 aliphatic carbocycles. The van der Waals surface area contributed by atoms with Crippen LogP contribution in [0, 0.1) is 11.8 Å². The van der Waals surface area contributed by atoms with Gasteiger partial charge in [-0.15, -0.1) is 0 Å². The number of amides is 1. The predicted molar refractivity (Wildman–Crippen MR) is 94.5 cm³/mol. The molecule has 1 aromatic carbocycles. The van der Waals surface area contributed by atoms with Gasteiger partial charge in [-0.3, -0.25) is 4.79 Å². The zero-order valence-corrected chi connectivity index (χ0v) is 14.8. The minimum Gasteiger partial charge on any atom is -0.490 e. The Morgan fingerprint density at radius 2 is 1.92 bits per heavy atom. The quantitative estimate of drug-likeness (QED) is 0.790. The van der Waals surface area contributed by atoms with Crippen LogP contribution < -0.4 is 14.8 Å². The number of ether oxygens (including phenoxy) is 2. The van der Waals surface area contributed by atoms with E-state index in [4.69, 9.17) is 9.47 Å². The van der Waals surface area contributed by atoms with Crippen LogP contribution in [0.4, 0.5) is 0 Å². The van der Waals surface area contributed by atoms with E-state index in [1.807, 2.05) is 32.0 Å². The summed E-state index contributed by atoms with van der Waals surface area (Å²) in [6, 6.07) is 6.39. The first-order chi connectivity index (χ1) is 11.7. The average molecular weight is 331 g/mol. The van der Waals surface area contributed by atoms with E-state index >= 15 is 0 Å². The van der Waals surface area contributed by atoms with E-state index in [0.717, 1.165) is 35.3 Å². The van der Waals surface area contributed by atoms with Crippen LogP contribution in [-0.2, 0) is 11.2 Å². The fourth-order valence-corrected chi connectivity index (χ4v) is 4.21. The van der Waals surface area contributed by atoms with Crippen molar-refractivity contribution in [3.63, 3.8) is 0 Å². The molecule has 0 unspecified atom stereocenters. The molecule has 4 heteroatoms. The van der Waals surface area contributed by atoms with Gasteiger partial charge in [0, 0.05) is 12.5 Å². The highest BCUT2D eigenvalue weighted by molar-refractivity contribution is 5.76. The van der Waals surface area contributed by atoms with E-state index < -0.39 is 0 Å². The van der Waals surface area contributed by atoms with Gasteiger partial charge in [0.2, 0.25) is 5.91 Å². The number of nitrogens with one attached hydrogen (secondary N) is 1. The lowest BCUT2D eigenvalue weighted by atomic mass is 9.95. The molecule has 1 amide bonds. The van der Waals surface area contributed by atoms with Crippen molar-refractivity contribution in [1.82, 2.24) is 5.32 Å². The average Bonchev–Trinajstić information content (AvgIpc) is 3.18. The molecule has 2 saturated carbocycles. The van der Waals surface area contributed by atoms with Crippen molar-refractivity contribution in [2.75, 3.05) is 13.2 Å². The van der Waals surface area contributed by atoms with E-state index in [9.17, 15) is 4.79 Å². The molecule has 0 heterocycles. The molecular weight excluding hydrogens is 302 g/mol. The fraction of sp³-hybridized carbons (Fsp3) is 0.650. The second-order valence-corrected chi connectivity index (χ2v) is 7.00. The number of hydrogen-bond acceptors (Lipinski definition) is 3. The van der Waals surface area contributed by atoms with Crippen molar-refractivity contribution in [3.8, 4) is 11.5 Å². The molecule has 3 atom stereocenters. The molecule has 4 nitrogen and oxygen atoms in total. The Kier molecular flexibility index (Phi) is 5.64. The summed E-state index contributed by atoms with van der Waals surface area (Å²) in [6.45, 7) is 5.15. The number of carbonyl (C=O) groups is 1. The molecule has 24 heavy (non-hydrogen) atoms. The van der Waals surface area contributed by atoms with Gasteiger partial charge in [-0.1, -0.05) is 12.5 Å². The zero-order chi connectivity index (χ0) is 16.9. The molecule has 132 valence electrons. The monoisotopic (exact) mass is 331 g/mol. The Morgan fingerprint density at radius 3 is 2.58 bits per heavy atom. The highest BCUT2D eigenvalue weighted by Gasteiger charge is 2.39. The predicted octanol–water partition coefficient (Wildman–Crippen LogP) is 3.72. The third-order valence-corrected chi connectivity index (χ3v) is 5.33. The molecule has 3 rings (SSSR count). The van der Waals surface area contributed by atoms with Crippen LogP contribution in [0.2, 0.25) is 0 Å². The van der Waals surface area contributed by atoms with Crippen molar-refractivity contribution in [2.45, 2.75) is 58.4 Å². The Morgan fingerprint density at radius 1 is 1.12 bits per heavy atom. The maximum absolute atomic E-state index is 12.3. The zero-order valence-electron chi connectivity index (χ0n) is 14.8. The molecule has 0 saturated heterocycles. The van der Waals surface area contributed by atoms with E-state index in [-0.39, 0.29) is 5.91 Å². The number of hydrogen-bond donors (Lipinski definition) is 1. The van der Waals surface area contributed by atoms with Crippen molar-refractivity contribution >= 4 is 5.91 Å². The first kappa shape index (κ1) is 17.1. The first-order valence-corrected chi connectivity index (χ1v) is 9.37. The van der Waals surface area contributed by atoms with Gasteiger partial charge in [0.25, 0.3) is 0 Å². The molecule has 0 aliphatic heterocycles. The van der Waals surface area contributed by atoms with Gasteiger partial charge in [-0.25, -0.2) is 0 Å². The second kappa shape index (κ2) is 7.91. The lowest BCUT2D eigenvalue weighted by Gasteiger charge is -2.22. The highest BCUT2D eigenvalue weighted by atomic mass is 16.5. The maximum Gasteiger partial charge on any atom is 0.220 e. The summed E-state index contributed by atoms with van der Waals surface area (Å²) in [7, 11) is 0. The minimum absolute atomic E-state index is 0.180. The standard InChI is InChI=1S/C20H29NO3/c1-3-23-18-9-6-14(13-19(18)24-4-2)7-10-20(22)21-17-12-15-5-8-16(17)11-15/h6,9,13,15-17H,3-5,7-8,10-12H2,1-2H3,(H,21,22)/t15-,16-,17-/m1/s1. The third-order valence-electron chi connectivity index (χ3n) is 5.33. The number of benzene rings is 1. The van der Waals surface area contributed by atoms with Crippen molar-refractivity contribution < 1.29 is 14.3 Å². The molecule has 1 N–H and O–H groups in total.